The van der Waals surface area contributed by atoms with E-state index >= 15 is 0 Å². The Kier molecular flexibility index (Phi) is 10.6. The number of rotatable bonds is 13. The van der Waals surface area contributed by atoms with Crippen molar-refractivity contribution in [2.24, 2.45) is 0 Å². The lowest BCUT2D eigenvalue weighted by Crippen LogP contribution is -2.02. The van der Waals surface area contributed by atoms with Crippen LogP contribution in [0, 0.1) is 0 Å². The standard InChI is InChI=1S/C20H33N/c1-3-5-6-7-8-9-10-11-12-15-18-21-20-17-14-13-16-19(20)4-2/h4,13-14,16-17,21H,2-3,5-12,15,18H2,1H3. The summed E-state index contributed by atoms with van der Waals surface area (Å²) >= 11 is 0. The molecule has 0 saturated heterocycles. The van der Waals surface area contributed by atoms with Crippen LogP contribution in [0.1, 0.15) is 76.7 Å². The number of anilines is 1. The highest BCUT2D eigenvalue weighted by Crippen LogP contribution is 2.16. The van der Waals surface area contributed by atoms with Crippen molar-refractivity contribution in [1.82, 2.24) is 0 Å². The van der Waals surface area contributed by atoms with Crippen molar-refractivity contribution >= 4 is 11.8 Å². The van der Waals surface area contributed by atoms with E-state index in [0.717, 1.165) is 6.54 Å². The van der Waals surface area contributed by atoms with E-state index in [1.165, 1.54) is 75.5 Å². The highest BCUT2D eigenvalue weighted by atomic mass is 14.9. The number of hydrogen-bond donors (Lipinski definition) is 1. The predicted octanol–water partition coefficient (Wildman–Crippen LogP) is 6.66. The van der Waals surface area contributed by atoms with Crippen LogP contribution in [0.2, 0.25) is 0 Å². The second-order valence-corrected chi connectivity index (χ2v) is 5.90. The Morgan fingerprint density at radius 2 is 1.43 bits per heavy atom. The Morgan fingerprint density at radius 3 is 2.05 bits per heavy atom. The summed E-state index contributed by atoms with van der Waals surface area (Å²) < 4.78 is 0. The van der Waals surface area contributed by atoms with Crippen molar-refractivity contribution < 1.29 is 0 Å². The number of unbranched alkanes of at least 4 members (excludes halogenated alkanes) is 9. The molecule has 1 rings (SSSR count). The fraction of sp³-hybridized carbons (Fsp3) is 0.600. The summed E-state index contributed by atoms with van der Waals surface area (Å²) in [6.45, 7) is 7.21. The molecule has 1 heteroatoms. The van der Waals surface area contributed by atoms with Crippen LogP contribution in [0.5, 0.6) is 0 Å². The second kappa shape index (κ2) is 12.5. The largest absolute Gasteiger partial charge is 0.385 e. The van der Waals surface area contributed by atoms with Gasteiger partial charge in [0.15, 0.2) is 0 Å². The van der Waals surface area contributed by atoms with E-state index < -0.39 is 0 Å². The molecule has 0 atom stereocenters. The smallest absolute Gasteiger partial charge is 0.0413 e. The van der Waals surface area contributed by atoms with Gasteiger partial charge in [0.1, 0.15) is 0 Å². The molecule has 1 aromatic carbocycles. The minimum absolute atomic E-state index is 1.07. The molecule has 0 unspecified atom stereocenters. The molecule has 0 aliphatic rings. The third-order valence-corrected chi connectivity index (χ3v) is 4.03. The van der Waals surface area contributed by atoms with Crippen molar-refractivity contribution in [2.45, 2.75) is 71.1 Å². The van der Waals surface area contributed by atoms with Gasteiger partial charge in [0.2, 0.25) is 0 Å². The summed E-state index contributed by atoms with van der Waals surface area (Å²) in [5.74, 6) is 0. The molecule has 0 aromatic heterocycles. The van der Waals surface area contributed by atoms with Gasteiger partial charge in [-0.25, -0.2) is 0 Å². The molecule has 0 radical (unpaired) electrons. The molecule has 0 aliphatic heterocycles. The summed E-state index contributed by atoms with van der Waals surface area (Å²) in [6.07, 6.45) is 15.8. The molecule has 0 fully saturated rings. The van der Waals surface area contributed by atoms with Crippen LogP contribution in [0.15, 0.2) is 30.8 Å². The van der Waals surface area contributed by atoms with E-state index in [0.29, 0.717) is 0 Å². The van der Waals surface area contributed by atoms with E-state index in [1.807, 2.05) is 6.08 Å². The molecule has 1 aromatic rings. The van der Waals surface area contributed by atoms with Gasteiger partial charge in [-0.3, -0.25) is 0 Å². The van der Waals surface area contributed by atoms with Crippen LogP contribution in [0.25, 0.3) is 6.08 Å². The number of nitrogens with one attached hydrogen (secondary N) is 1. The first kappa shape index (κ1) is 17.8. The van der Waals surface area contributed by atoms with E-state index in [9.17, 15) is 0 Å². The van der Waals surface area contributed by atoms with Gasteiger partial charge in [-0.15, -0.1) is 0 Å². The van der Waals surface area contributed by atoms with Crippen LogP contribution in [0.4, 0.5) is 5.69 Å². The third-order valence-electron chi connectivity index (χ3n) is 4.03. The van der Waals surface area contributed by atoms with Crippen LogP contribution < -0.4 is 5.32 Å². The molecule has 0 amide bonds. The van der Waals surface area contributed by atoms with Crippen LogP contribution >= 0.6 is 0 Å². The molecule has 21 heavy (non-hydrogen) atoms. The molecule has 0 aliphatic carbocycles. The zero-order valence-electron chi connectivity index (χ0n) is 13.9. The van der Waals surface area contributed by atoms with Gasteiger partial charge in [-0.2, -0.15) is 0 Å². The summed E-state index contributed by atoms with van der Waals surface area (Å²) in [5.41, 5.74) is 2.41. The minimum atomic E-state index is 1.07. The number of benzene rings is 1. The lowest BCUT2D eigenvalue weighted by Gasteiger charge is -2.09. The Bertz CT molecular complexity index is 370. The Hall–Kier alpha value is -1.24. The Morgan fingerprint density at radius 1 is 0.857 bits per heavy atom. The van der Waals surface area contributed by atoms with Crippen LogP contribution in [-0.2, 0) is 0 Å². The fourth-order valence-corrected chi connectivity index (χ4v) is 2.67. The van der Waals surface area contributed by atoms with Crippen LogP contribution in [0.3, 0.4) is 0 Å². The summed E-state index contributed by atoms with van der Waals surface area (Å²) in [6, 6.07) is 8.37. The van der Waals surface area contributed by atoms with Gasteiger partial charge in [0.25, 0.3) is 0 Å². The van der Waals surface area contributed by atoms with Crippen molar-refractivity contribution in [2.75, 3.05) is 11.9 Å². The molecule has 118 valence electrons. The molecule has 0 spiro atoms. The predicted molar refractivity (Wildman–Crippen MR) is 96.9 cm³/mol. The maximum Gasteiger partial charge on any atom is 0.0413 e. The first-order valence-corrected chi connectivity index (χ1v) is 8.83. The zero-order valence-corrected chi connectivity index (χ0v) is 13.9. The summed E-state index contributed by atoms with van der Waals surface area (Å²) in [7, 11) is 0. The Balaban J connectivity index is 1.94. The monoisotopic (exact) mass is 287 g/mol. The maximum absolute atomic E-state index is 3.86. The first-order valence-electron chi connectivity index (χ1n) is 8.83. The average Bonchev–Trinajstić information content (AvgIpc) is 2.53. The van der Waals surface area contributed by atoms with Gasteiger partial charge in [0, 0.05) is 12.2 Å². The lowest BCUT2D eigenvalue weighted by atomic mass is 10.1. The molecule has 0 bridgehead atoms. The van der Waals surface area contributed by atoms with E-state index in [-0.39, 0.29) is 0 Å². The highest BCUT2D eigenvalue weighted by molar-refractivity contribution is 5.65. The first-order chi connectivity index (χ1) is 10.4. The van der Waals surface area contributed by atoms with Crippen molar-refractivity contribution in [3.63, 3.8) is 0 Å². The fourth-order valence-electron chi connectivity index (χ4n) is 2.67. The van der Waals surface area contributed by atoms with E-state index in [2.05, 4.69) is 43.1 Å². The van der Waals surface area contributed by atoms with Crippen molar-refractivity contribution in [3.8, 4) is 0 Å². The molecular weight excluding hydrogens is 254 g/mol. The van der Waals surface area contributed by atoms with Crippen molar-refractivity contribution in [1.29, 1.82) is 0 Å². The van der Waals surface area contributed by atoms with Crippen LogP contribution in [-0.4, -0.2) is 6.54 Å². The lowest BCUT2D eigenvalue weighted by molar-refractivity contribution is 0.560. The number of para-hydroxylation sites is 1. The van der Waals surface area contributed by atoms with E-state index in [1.54, 1.807) is 0 Å². The van der Waals surface area contributed by atoms with Gasteiger partial charge in [0.05, 0.1) is 0 Å². The molecule has 1 N–H and O–H groups in total. The Labute approximate surface area is 131 Å². The minimum Gasteiger partial charge on any atom is -0.385 e. The average molecular weight is 287 g/mol. The molecular formula is C20H33N. The van der Waals surface area contributed by atoms with Crippen molar-refractivity contribution in [3.05, 3.63) is 36.4 Å². The van der Waals surface area contributed by atoms with E-state index in [4.69, 9.17) is 0 Å². The zero-order chi connectivity index (χ0) is 15.2. The summed E-state index contributed by atoms with van der Waals surface area (Å²) in [4.78, 5) is 0. The normalized spacial score (nSPS) is 10.5. The topological polar surface area (TPSA) is 12.0 Å². The SMILES string of the molecule is C=Cc1ccccc1NCCCCCCCCCCCC. The highest BCUT2D eigenvalue weighted by Gasteiger charge is 1.97. The summed E-state index contributed by atoms with van der Waals surface area (Å²) in [5, 5.41) is 3.52. The molecule has 0 saturated carbocycles. The van der Waals surface area contributed by atoms with Gasteiger partial charge in [-0.1, -0.05) is 95.6 Å². The molecule has 1 nitrogen and oxygen atoms in total. The van der Waals surface area contributed by atoms with Gasteiger partial charge < -0.3 is 5.32 Å². The second-order valence-electron chi connectivity index (χ2n) is 5.90. The van der Waals surface area contributed by atoms with Gasteiger partial charge in [-0.05, 0) is 18.1 Å². The van der Waals surface area contributed by atoms with Gasteiger partial charge >= 0.3 is 0 Å². The molecule has 0 heterocycles. The quantitative estimate of drug-likeness (QED) is 0.400. The number of hydrogen-bond acceptors (Lipinski definition) is 1. The maximum atomic E-state index is 3.86. The third kappa shape index (κ3) is 8.60.